The molecule has 0 unspecified atom stereocenters. The van der Waals surface area contributed by atoms with Gasteiger partial charge < -0.3 is 31.3 Å². The third-order valence-electron chi connectivity index (χ3n) is 0.523. The largest absolute Gasteiger partial charge is 2.00 e. The Hall–Kier alpha value is 0.903. The van der Waals surface area contributed by atoms with Crippen molar-refractivity contribution in [3.05, 3.63) is 28.9 Å². The van der Waals surface area contributed by atoms with Crippen LogP contribution in [0.3, 0.4) is 0 Å². The van der Waals surface area contributed by atoms with Gasteiger partial charge in [-0.05, 0) is 0 Å². The summed E-state index contributed by atoms with van der Waals surface area (Å²) < 4.78 is 4.00. The summed E-state index contributed by atoms with van der Waals surface area (Å²) in [4.78, 5) is 10.1. The number of rotatable bonds is 3. The van der Waals surface area contributed by atoms with Gasteiger partial charge in [-0.15, -0.1) is 6.42 Å². The third-order valence-corrected chi connectivity index (χ3v) is 0.523. The molecule has 0 heterocycles. The van der Waals surface area contributed by atoms with Crippen molar-refractivity contribution in [2.24, 2.45) is 0 Å². The molecule has 0 saturated heterocycles. The first-order valence-corrected chi connectivity index (χ1v) is 1.94. The summed E-state index contributed by atoms with van der Waals surface area (Å²) in [7, 11) is 4.56. The van der Waals surface area contributed by atoms with Gasteiger partial charge in [-0.1, -0.05) is 0 Å². The quantitative estimate of drug-likeness (QED) is 0.704. The zero-order chi connectivity index (χ0) is 5.70. The molecule has 0 aliphatic heterocycles. The fourth-order valence-corrected chi connectivity index (χ4v) is 0.165. The maximum Gasteiger partial charge on any atom is 2.00 e. The van der Waals surface area contributed by atoms with E-state index in [1.807, 2.05) is 0 Å². The van der Waals surface area contributed by atoms with E-state index in [2.05, 4.69) is 18.8 Å². The zero-order valence-electron chi connectivity index (χ0n) is 6.45. The van der Waals surface area contributed by atoms with Crippen LogP contribution in [-0.4, -0.2) is 12.4 Å². The van der Waals surface area contributed by atoms with E-state index in [-0.39, 0.29) is 73.3 Å². The van der Waals surface area contributed by atoms with E-state index in [1.165, 1.54) is 0 Å². The van der Waals surface area contributed by atoms with Crippen LogP contribution in [0.25, 0.3) is 0 Å². The molecule has 2 nitrogen and oxygen atoms in total. The Bertz CT molecular complexity index is 69.5. The number of carbonyl (C=O) groups excluding carboxylic acids is 1. The van der Waals surface area contributed by atoms with Crippen molar-refractivity contribution in [1.82, 2.24) is 0 Å². The van der Waals surface area contributed by atoms with Crippen LogP contribution in [0.2, 0.25) is 0 Å². The molecule has 0 aliphatic carbocycles. The Kier molecular flexibility index (Phi) is 60.6. The standard InChI is InChI=1S/C5H7O2.CH3.CH.V.W/c1-3-5(6)4-7-2;;;;/h2H,1,3-4H2;1H3;1H;;/q3*-1;;+2. The molecule has 0 N–H and O–H groups in total. The maximum absolute atomic E-state index is 10.1. The van der Waals surface area contributed by atoms with E-state index in [0.717, 1.165) is 0 Å². The number of ether oxygens (including phenoxy) is 1. The molecular formula is C7H11O2VW-. The second kappa shape index (κ2) is 22.4. The zero-order valence-corrected chi connectivity index (χ0v) is 10.8. The monoisotopic (exact) mass is 362 g/mol. The van der Waals surface area contributed by atoms with Crippen molar-refractivity contribution in [2.75, 3.05) is 6.61 Å². The molecule has 0 amide bonds. The molecule has 0 spiro atoms. The average molecular weight is 362 g/mol. The smallest absolute Gasteiger partial charge is 0.726 e. The minimum atomic E-state index is -0.0810. The van der Waals surface area contributed by atoms with Crippen LogP contribution >= 0.6 is 0 Å². The van der Waals surface area contributed by atoms with E-state index in [1.54, 1.807) is 0 Å². The van der Waals surface area contributed by atoms with Crippen LogP contribution in [0, 0.1) is 28.9 Å². The van der Waals surface area contributed by atoms with Gasteiger partial charge in [0.25, 0.3) is 0 Å². The molecule has 0 rings (SSSR count). The van der Waals surface area contributed by atoms with Crippen molar-refractivity contribution in [3.8, 4) is 0 Å². The Morgan fingerprint density at radius 2 is 1.91 bits per heavy atom. The minimum absolute atomic E-state index is 0. The van der Waals surface area contributed by atoms with Gasteiger partial charge in [-0.2, -0.15) is 0 Å². The van der Waals surface area contributed by atoms with Crippen molar-refractivity contribution >= 4 is 5.78 Å². The van der Waals surface area contributed by atoms with Gasteiger partial charge >= 0.3 is 21.1 Å². The van der Waals surface area contributed by atoms with Crippen molar-refractivity contribution in [3.63, 3.8) is 0 Å². The minimum Gasteiger partial charge on any atom is -0.726 e. The normalized spacial score (nSPS) is 5.64. The summed E-state index contributed by atoms with van der Waals surface area (Å²) in [5, 5.41) is 0. The van der Waals surface area contributed by atoms with E-state index >= 15 is 0 Å². The molecule has 0 fully saturated rings. The maximum atomic E-state index is 10.1. The van der Waals surface area contributed by atoms with Crippen molar-refractivity contribution < 1.29 is 49.2 Å². The number of hydrogen-bond donors (Lipinski definition) is 0. The fraction of sp³-hybridized carbons (Fsp3) is 0.286. The number of hydrogen-bond acceptors (Lipinski definition) is 2. The van der Waals surface area contributed by atoms with Crippen LogP contribution in [-0.2, 0) is 49.2 Å². The first kappa shape index (κ1) is 29.7. The van der Waals surface area contributed by atoms with Gasteiger partial charge in [0.05, 0.1) is 0 Å². The van der Waals surface area contributed by atoms with Gasteiger partial charge in [0.2, 0.25) is 0 Å². The van der Waals surface area contributed by atoms with Crippen molar-refractivity contribution in [1.29, 1.82) is 0 Å². The molecule has 0 atom stereocenters. The molecule has 63 valence electrons. The van der Waals surface area contributed by atoms with E-state index in [4.69, 9.17) is 0 Å². The van der Waals surface area contributed by atoms with Gasteiger partial charge in [0.15, 0.2) is 0 Å². The van der Waals surface area contributed by atoms with Crippen molar-refractivity contribution in [2.45, 2.75) is 6.42 Å². The SMILES string of the molecule is [CH-].[CH3-].[CH]OCC(=O)C[CH2-].[V].[W+2]. The summed E-state index contributed by atoms with van der Waals surface area (Å²) >= 11 is 0. The third kappa shape index (κ3) is 24.8. The predicted octanol–water partition coefficient (Wildman–Crippen LogP) is 1.11. The van der Waals surface area contributed by atoms with E-state index in [9.17, 15) is 4.79 Å². The molecule has 0 saturated carbocycles. The molecular weight excluding hydrogens is 351 g/mol. The molecule has 0 aliphatic rings. The van der Waals surface area contributed by atoms with Crippen LogP contribution in [0.15, 0.2) is 0 Å². The second-order valence-electron chi connectivity index (χ2n) is 1.10. The molecule has 0 aromatic carbocycles. The number of Topliss-reactive ketones (excluding diaryl/α,β-unsaturated/α-hetero) is 1. The Balaban J connectivity index is -0.0000000300. The topological polar surface area (TPSA) is 26.3 Å². The second-order valence-corrected chi connectivity index (χ2v) is 1.10. The van der Waals surface area contributed by atoms with Crippen LogP contribution < -0.4 is 0 Å². The summed E-state index contributed by atoms with van der Waals surface area (Å²) in [5.41, 5.74) is 0. The summed E-state index contributed by atoms with van der Waals surface area (Å²) in [6, 6.07) is 0. The molecule has 5 radical (unpaired) electrons. The van der Waals surface area contributed by atoms with Gasteiger partial charge in [-0.25, -0.2) is 0 Å². The summed E-state index contributed by atoms with van der Waals surface area (Å²) in [6.07, 6.45) is 0.247. The first-order valence-electron chi connectivity index (χ1n) is 1.94. The molecule has 0 bridgehead atoms. The Morgan fingerprint density at radius 1 is 1.55 bits per heavy atom. The predicted molar refractivity (Wildman–Crippen MR) is 35.9 cm³/mol. The van der Waals surface area contributed by atoms with Gasteiger partial charge in [0, 0.05) is 18.6 Å². The number of carbonyl (C=O) groups is 1. The van der Waals surface area contributed by atoms with E-state index < -0.39 is 0 Å². The fourth-order valence-electron chi connectivity index (χ4n) is 0.165. The van der Waals surface area contributed by atoms with Gasteiger partial charge in [-0.3, -0.25) is 0 Å². The van der Waals surface area contributed by atoms with Gasteiger partial charge in [0.1, 0.15) is 19.5 Å². The summed E-state index contributed by atoms with van der Waals surface area (Å²) in [6.45, 7) is 3.29. The molecule has 4 heteroatoms. The molecule has 0 aromatic rings. The van der Waals surface area contributed by atoms with Crippen LogP contribution in [0.5, 0.6) is 0 Å². The Morgan fingerprint density at radius 3 is 2.00 bits per heavy atom. The van der Waals surface area contributed by atoms with Crippen LogP contribution in [0.1, 0.15) is 6.42 Å². The average Bonchev–Trinajstić information content (AvgIpc) is 1.68. The van der Waals surface area contributed by atoms with E-state index in [0.29, 0.717) is 0 Å². The first-order chi connectivity index (χ1) is 3.31. The molecule has 0 aromatic heterocycles. The summed E-state index contributed by atoms with van der Waals surface area (Å²) in [5.74, 6) is -0.0810. The van der Waals surface area contributed by atoms with Crippen LogP contribution in [0.4, 0.5) is 0 Å². The molecule has 11 heavy (non-hydrogen) atoms. The Labute approximate surface area is 96.6 Å². The number of ketones is 1.